The molecule has 0 aromatic carbocycles. The predicted molar refractivity (Wildman–Crippen MR) is 62.1 cm³/mol. The molecule has 2 rings (SSSR count). The monoisotopic (exact) mass is 233 g/mol. The van der Waals surface area contributed by atoms with E-state index in [1.165, 1.54) is 0 Å². The second kappa shape index (κ2) is 4.65. The molecule has 4 heteroatoms. The zero-order valence-electron chi connectivity index (χ0n) is 10.0. The largest absolute Gasteiger partial charge is 0.458 e. The molecule has 0 radical (unpaired) electrons. The molecule has 0 spiro atoms. The molecular weight excluding hydrogens is 218 g/mol. The molecule has 0 aliphatic heterocycles. The van der Waals surface area contributed by atoms with Gasteiger partial charge in [0.05, 0.1) is 11.8 Å². The lowest BCUT2D eigenvalue weighted by molar-refractivity contribution is 0.0370. The van der Waals surface area contributed by atoms with Crippen molar-refractivity contribution in [2.24, 2.45) is 0 Å². The maximum Gasteiger partial charge on any atom is 0.357 e. The Hall–Kier alpha value is -1.71. The minimum absolute atomic E-state index is 0.113. The van der Waals surface area contributed by atoms with Crippen LogP contribution in [0.25, 0.3) is 0 Å². The maximum absolute atomic E-state index is 11.7. The van der Waals surface area contributed by atoms with Crippen LogP contribution < -0.4 is 0 Å². The molecule has 1 heterocycles. The summed E-state index contributed by atoms with van der Waals surface area (Å²) in [5.74, 6) is -0.316. The van der Waals surface area contributed by atoms with E-state index in [0.29, 0.717) is 12.0 Å². The lowest BCUT2D eigenvalue weighted by Gasteiger charge is -2.14. The fourth-order valence-corrected chi connectivity index (χ4v) is 1.88. The van der Waals surface area contributed by atoms with E-state index in [0.717, 1.165) is 18.5 Å². The van der Waals surface area contributed by atoms with Crippen molar-refractivity contribution in [1.82, 2.24) is 4.98 Å². The van der Waals surface area contributed by atoms with Gasteiger partial charge >= 0.3 is 5.97 Å². The molecule has 4 nitrogen and oxygen atoms in total. The van der Waals surface area contributed by atoms with E-state index in [2.05, 4.69) is 4.98 Å². The van der Waals surface area contributed by atoms with Gasteiger partial charge in [0.1, 0.15) is 5.69 Å². The second-order valence-corrected chi connectivity index (χ2v) is 4.42. The molecule has 0 N–H and O–H groups in total. The average molecular weight is 233 g/mol. The predicted octanol–water partition coefficient (Wildman–Crippen LogP) is 2.17. The summed E-state index contributed by atoms with van der Waals surface area (Å²) in [5.41, 5.74) is 1.66. The molecule has 1 aromatic rings. The van der Waals surface area contributed by atoms with Crippen LogP contribution in [0.2, 0.25) is 0 Å². The number of carbonyl (C=O) groups excluding carboxylic acids is 2. The Balaban J connectivity index is 2.27. The van der Waals surface area contributed by atoms with Gasteiger partial charge in [-0.25, -0.2) is 9.78 Å². The van der Waals surface area contributed by atoms with Crippen molar-refractivity contribution in [1.29, 1.82) is 0 Å². The van der Waals surface area contributed by atoms with Gasteiger partial charge in [-0.1, -0.05) is 0 Å². The maximum atomic E-state index is 11.7. The number of aryl methyl sites for hydroxylation is 1. The van der Waals surface area contributed by atoms with E-state index in [-0.39, 0.29) is 17.6 Å². The van der Waals surface area contributed by atoms with Gasteiger partial charge in [-0.15, -0.1) is 0 Å². The molecular formula is C13H15NO3. The smallest absolute Gasteiger partial charge is 0.357 e. The van der Waals surface area contributed by atoms with Gasteiger partial charge in [0, 0.05) is 12.0 Å². The van der Waals surface area contributed by atoms with Gasteiger partial charge in [-0.3, -0.25) is 4.79 Å². The zero-order valence-corrected chi connectivity index (χ0v) is 10.0. The molecule has 0 amide bonds. The van der Waals surface area contributed by atoms with Gasteiger partial charge in [0.2, 0.25) is 0 Å². The van der Waals surface area contributed by atoms with Crippen LogP contribution in [0.4, 0.5) is 0 Å². The number of hydrogen-bond acceptors (Lipinski definition) is 4. The quantitative estimate of drug-likeness (QED) is 0.734. The molecule has 0 saturated carbocycles. The summed E-state index contributed by atoms with van der Waals surface area (Å²) >= 11 is 0. The first kappa shape index (κ1) is 11.8. The van der Waals surface area contributed by atoms with Crippen molar-refractivity contribution < 1.29 is 14.3 Å². The highest BCUT2D eigenvalue weighted by atomic mass is 16.5. The van der Waals surface area contributed by atoms with Crippen molar-refractivity contribution in [3.8, 4) is 0 Å². The van der Waals surface area contributed by atoms with E-state index >= 15 is 0 Å². The topological polar surface area (TPSA) is 56.3 Å². The Morgan fingerprint density at radius 1 is 1.35 bits per heavy atom. The van der Waals surface area contributed by atoms with E-state index in [1.54, 1.807) is 26.0 Å². The van der Waals surface area contributed by atoms with E-state index < -0.39 is 5.97 Å². The fourth-order valence-electron chi connectivity index (χ4n) is 1.88. The lowest BCUT2D eigenvalue weighted by atomic mass is 9.94. The number of esters is 1. The van der Waals surface area contributed by atoms with Gasteiger partial charge in [0.15, 0.2) is 5.78 Å². The van der Waals surface area contributed by atoms with E-state index in [1.807, 2.05) is 0 Å². The van der Waals surface area contributed by atoms with Gasteiger partial charge in [-0.2, -0.15) is 0 Å². The summed E-state index contributed by atoms with van der Waals surface area (Å²) in [6.45, 7) is 3.58. The number of carbonyl (C=O) groups is 2. The van der Waals surface area contributed by atoms with Crippen molar-refractivity contribution in [2.45, 2.75) is 39.2 Å². The van der Waals surface area contributed by atoms with Crippen LogP contribution in [-0.4, -0.2) is 22.8 Å². The minimum Gasteiger partial charge on any atom is -0.458 e. The number of aromatic nitrogens is 1. The van der Waals surface area contributed by atoms with Gasteiger partial charge < -0.3 is 4.74 Å². The number of hydrogen-bond donors (Lipinski definition) is 0. The summed E-state index contributed by atoms with van der Waals surface area (Å²) in [6.07, 6.45) is 1.97. The first-order valence-electron chi connectivity index (χ1n) is 5.82. The number of ketones is 1. The lowest BCUT2D eigenvalue weighted by Crippen LogP contribution is -2.17. The van der Waals surface area contributed by atoms with Crippen LogP contribution >= 0.6 is 0 Å². The van der Waals surface area contributed by atoms with Crippen molar-refractivity contribution in [2.75, 3.05) is 0 Å². The number of Topliss-reactive ketones (excluding diaryl/α,β-unsaturated/α-hetero) is 1. The van der Waals surface area contributed by atoms with E-state index in [9.17, 15) is 9.59 Å². The molecule has 0 atom stereocenters. The van der Waals surface area contributed by atoms with E-state index in [4.69, 9.17) is 4.74 Å². The highest BCUT2D eigenvalue weighted by molar-refractivity contribution is 5.98. The van der Waals surface area contributed by atoms with Gasteiger partial charge in [-0.05, 0) is 38.8 Å². The van der Waals surface area contributed by atoms with Crippen LogP contribution in [0.1, 0.15) is 53.2 Å². The average Bonchev–Trinajstić information content (AvgIpc) is 2.28. The summed E-state index contributed by atoms with van der Waals surface area (Å²) in [6, 6.07) is 3.24. The zero-order chi connectivity index (χ0) is 12.4. The first-order chi connectivity index (χ1) is 8.08. The van der Waals surface area contributed by atoms with Crippen LogP contribution in [0.15, 0.2) is 12.1 Å². The third-order valence-electron chi connectivity index (χ3n) is 2.64. The Morgan fingerprint density at radius 2 is 2.12 bits per heavy atom. The highest BCUT2D eigenvalue weighted by Crippen LogP contribution is 2.20. The van der Waals surface area contributed by atoms with Crippen LogP contribution in [0, 0.1) is 0 Å². The number of ether oxygens (including phenoxy) is 1. The molecule has 1 aliphatic carbocycles. The van der Waals surface area contributed by atoms with Crippen molar-refractivity contribution >= 4 is 11.8 Å². The standard InChI is InChI=1S/C13H15NO3/c1-8(2)17-13(16)11-7-6-9-10(14-11)4-3-5-12(9)15/h6-8H,3-5H2,1-2H3. The molecule has 0 saturated heterocycles. The Labute approximate surface area is 100 Å². The highest BCUT2D eigenvalue weighted by Gasteiger charge is 2.20. The van der Waals surface area contributed by atoms with Gasteiger partial charge in [0.25, 0.3) is 0 Å². The molecule has 90 valence electrons. The third-order valence-corrected chi connectivity index (χ3v) is 2.64. The number of fused-ring (bicyclic) bond motifs is 1. The Bertz CT molecular complexity index is 466. The van der Waals surface area contributed by atoms with Crippen molar-refractivity contribution in [3.05, 3.63) is 29.1 Å². The Kier molecular flexibility index (Phi) is 3.22. The summed E-state index contributed by atoms with van der Waals surface area (Å²) in [4.78, 5) is 27.5. The Morgan fingerprint density at radius 3 is 2.82 bits per heavy atom. The summed E-state index contributed by atoms with van der Waals surface area (Å²) in [5, 5.41) is 0. The molecule has 17 heavy (non-hydrogen) atoms. The third kappa shape index (κ3) is 2.52. The van der Waals surface area contributed by atoms with Crippen LogP contribution in [-0.2, 0) is 11.2 Å². The molecule has 0 fully saturated rings. The number of rotatable bonds is 2. The summed E-state index contributed by atoms with van der Waals surface area (Å²) < 4.78 is 5.07. The number of nitrogens with zero attached hydrogens (tertiary/aromatic N) is 1. The molecule has 1 aromatic heterocycles. The molecule has 1 aliphatic rings. The van der Waals surface area contributed by atoms with Crippen LogP contribution in [0.5, 0.6) is 0 Å². The second-order valence-electron chi connectivity index (χ2n) is 4.42. The first-order valence-corrected chi connectivity index (χ1v) is 5.82. The van der Waals surface area contributed by atoms with Crippen LogP contribution in [0.3, 0.4) is 0 Å². The normalized spacial score (nSPS) is 14.6. The number of pyridine rings is 1. The van der Waals surface area contributed by atoms with Crippen molar-refractivity contribution in [3.63, 3.8) is 0 Å². The molecule has 0 unspecified atom stereocenters. The summed E-state index contributed by atoms with van der Waals surface area (Å²) in [7, 11) is 0. The SMILES string of the molecule is CC(C)OC(=O)c1ccc2c(n1)CCCC2=O. The minimum atomic E-state index is -0.430. The fraction of sp³-hybridized carbons (Fsp3) is 0.462. The molecule has 0 bridgehead atoms.